The maximum Gasteiger partial charge on any atom is 0.248 e. The van der Waals surface area contributed by atoms with Gasteiger partial charge >= 0.3 is 0 Å². The first kappa shape index (κ1) is 14.0. The lowest BCUT2D eigenvalue weighted by Gasteiger charge is -2.33. The Kier molecular flexibility index (Phi) is 5.32. The molecule has 0 aliphatic carbocycles. The van der Waals surface area contributed by atoms with Gasteiger partial charge in [0.05, 0.1) is 19.8 Å². The average Bonchev–Trinajstić information content (AvgIpc) is 2.48. The minimum Gasteiger partial charge on any atom is -0.370 e. The van der Waals surface area contributed by atoms with Crippen LogP contribution in [0, 0.1) is 0 Å². The third-order valence-electron chi connectivity index (χ3n) is 3.08. The number of nitrogens with two attached hydrogens (primary N) is 1. The van der Waals surface area contributed by atoms with Gasteiger partial charge in [-0.2, -0.15) is 0 Å². The van der Waals surface area contributed by atoms with Crippen molar-refractivity contribution < 1.29 is 14.3 Å². The number of rotatable bonds is 5. The molecule has 1 heterocycles. The van der Waals surface area contributed by atoms with Crippen LogP contribution in [0.3, 0.4) is 0 Å². The van der Waals surface area contributed by atoms with Gasteiger partial charge in [0.25, 0.3) is 0 Å². The van der Waals surface area contributed by atoms with E-state index < -0.39 is 0 Å². The van der Waals surface area contributed by atoms with Crippen LogP contribution >= 0.6 is 0 Å². The largest absolute Gasteiger partial charge is 0.370 e. The number of nitrogens with zero attached hydrogens (tertiary/aromatic N) is 1. The molecule has 0 spiro atoms. The molecule has 1 unspecified atom stereocenters. The van der Waals surface area contributed by atoms with Crippen molar-refractivity contribution in [3.8, 4) is 0 Å². The number of hydrogen-bond donors (Lipinski definition) is 1. The molecule has 2 rings (SSSR count). The van der Waals surface area contributed by atoms with Crippen molar-refractivity contribution in [2.45, 2.75) is 6.10 Å². The van der Waals surface area contributed by atoms with Crippen LogP contribution in [0.15, 0.2) is 30.3 Å². The SMILES string of the molecule is NCCOCC(=O)N1CCOC(c2ccccc2)C1. The maximum atomic E-state index is 12.0. The van der Waals surface area contributed by atoms with E-state index in [2.05, 4.69) is 0 Å². The number of morpholine rings is 1. The molecule has 1 aromatic rings. The van der Waals surface area contributed by atoms with Gasteiger partial charge in [-0.15, -0.1) is 0 Å². The lowest BCUT2D eigenvalue weighted by molar-refractivity contribution is -0.143. The van der Waals surface area contributed by atoms with Gasteiger partial charge in [-0.1, -0.05) is 30.3 Å². The van der Waals surface area contributed by atoms with Crippen LogP contribution in [0.25, 0.3) is 0 Å². The topological polar surface area (TPSA) is 64.8 Å². The van der Waals surface area contributed by atoms with Gasteiger partial charge in [-0.05, 0) is 5.56 Å². The average molecular weight is 264 g/mol. The van der Waals surface area contributed by atoms with E-state index in [-0.39, 0.29) is 18.6 Å². The molecular weight excluding hydrogens is 244 g/mol. The Hall–Kier alpha value is -1.43. The van der Waals surface area contributed by atoms with E-state index in [0.29, 0.717) is 32.8 Å². The summed E-state index contributed by atoms with van der Waals surface area (Å²) in [6.07, 6.45) is -0.0478. The fourth-order valence-electron chi connectivity index (χ4n) is 2.08. The molecule has 1 saturated heterocycles. The van der Waals surface area contributed by atoms with Crippen LogP contribution in [0.5, 0.6) is 0 Å². The molecule has 5 heteroatoms. The van der Waals surface area contributed by atoms with Gasteiger partial charge in [0.15, 0.2) is 0 Å². The second-order valence-corrected chi connectivity index (χ2v) is 4.45. The van der Waals surface area contributed by atoms with Crippen LogP contribution in [-0.4, -0.2) is 50.3 Å². The van der Waals surface area contributed by atoms with Crippen LogP contribution in [0.2, 0.25) is 0 Å². The summed E-state index contributed by atoms with van der Waals surface area (Å²) < 4.78 is 10.9. The van der Waals surface area contributed by atoms with Crippen molar-refractivity contribution in [1.82, 2.24) is 4.90 Å². The van der Waals surface area contributed by atoms with E-state index in [1.165, 1.54) is 0 Å². The van der Waals surface area contributed by atoms with Crippen LogP contribution in [-0.2, 0) is 14.3 Å². The maximum absolute atomic E-state index is 12.0. The van der Waals surface area contributed by atoms with Gasteiger partial charge in [-0.3, -0.25) is 4.79 Å². The molecule has 2 N–H and O–H groups in total. The van der Waals surface area contributed by atoms with E-state index >= 15 is 0 Å². The Morgan fingerprint density at radius 3 is 2.95 bits per heavy atom. The van der Waals surface area contributed by atoms with Crippen molar-refractivity contribution in [3.63, 3.8) is 0 Å². The molecule has 1 aromatic carbocycles. The minimum atomic E-state index is -0.0478. The fourth-order valence-corrected chi connectivity index (χ4v) is 2.08. The summed E-state index contributed by atoms with van der Waals surface area (Å²) in [6, 6.07) is 9.96. The van der Waals surface area contributed by atoms with Gasteiger partial charge < -0.3 is 20.1 Å². The first-order valence-electron chi connectivity index (χ1n) is 6.53. The summed E-state index contributed by atoms with van der Waals surface area (Å²) in [6.45, 7) is 2.70. The monoisotopic (exact) mass is 264 g/mol. The zero-order chi connectivity index (χ0) is 13.5. The smallest absolute Gasteiger partial charge is 0.248 e. The highest BCUT2D eigenvalue weighted by molar-refractivity contribution is 5.77. The highest BCUT2D eigenvalue weighted by Gasteiger charge is 2.25. The molecule has 5 nitrogen and oxygen atoms in total. The fraction of sp³-hybridized carbons (Fsp3) is 0.500. The van der Waals surface area contributed by atoms with Crippen molar-refractivity contribution in [3.05, 3.63) is 35.9 Å². The van der Waals surface area contributed by atoms with E-state index in [4.69, 9.17) is 15.2 Å². The first-order chi connectivity index (χ1) is 9.31. The Balaban J connectivity index is 1.88. The van der Waals surface area contributed by atoms with Gasteiger partial charge in [0, 0.05) is 13.1 Å². The van der Waals surface area contributed by atoms with Gasteiger partial charge in [-0.25, -0.2) is 0 Å². The zero-order valence-corrected chi connectivity index (χ0v) is 11.0. The Labute approximate surface area is 113 Å². The highest BCUT2D eigenvalue weighted by atomic mass is 16.5. The quantitative estimate of drug-likeness (QED) is 0.789. The molecule has 1 aliphatic heterocycles. The molecule has 1 fully saturated rings. The number of hydrogen-bond acceptors (Lipinski definition) is 4. The summed E-state index contributed by atoms with van der Waals surface area (Å²) in [5.74, 6) is -0.00215. The number of amides is 1. The predicted molar refractivity (Wildman–Crippen MR) is 71.6 cm³/mol. The van der Waals surface area contributed by atoms with Crippen molar-refractivity contribution in [2.75, 3.05) is 39.5 Å². The van der Waals surface area contributed by atoms with Crippen molar-refractivity contribution in [1.29, 1.82) is 0 Å². The van der Waals surface area contributed by atoms with E-state index in [0.717, 1.165) is 5.56 Å². The third kappa shape index (κ3) is 4.02. The summed E-state index contributed by atoms with van der Waals surface area (Å²) in [5.41, 5.74) is 6.42. The third-order valence-corrected chi connectivity index (χ3v) is 3.08. The molecule has 0 aromatic heterocycles. The number of ether oxygens (including phenoxy) is 2. The summed E-state index contributed by atoms with van der Waals surface area (Å²) >= 11 is 0. The summed E-state index contributed by atoms with van der Waals surface area (Å²) in [7, 11) is 0. The molecule has 0 bridgehead atoms. The predicted octanol–water partition coefficient (Wildman–Crippen LogP) is 0.562. The summed E-state index contributed by atoms with van der Waals surface area (Å²) in [4.78, 5) is 13.7. The second-order valence-electron chi connectivity index (χ2n) is 4.45. The molecule has 0 radical (unpaired) electrons. The van der Waals surface area contributed by atoms with E-state index in [1.807, 2.05) is 30.3 Å². The summed E-state index contributed by atoms with van der Waals surface area (Å²) in [5, 5.41) is 0. The molecule has 1 aliphatic rings. The number of carbonyl (C=O) groups excluding carboxylic acids is 1. The number of carbonyl (C=O) groups is 1. The first-order valence-corrected chi connectivity index (χ1v) is 6.53. The molecule has 0 saturated carbocycles. The Bertz CT molecular complexity index is 397. The Morgan fingerprint density at radius 1 is 1.42 bits per heavy atom. The highest BCUT2D eigenvalue weighted by Crippen LogP contribution is 2.21. The normalized spacial score (nSPS) is 19.4. The van der Waals surface area contributed by atoms with E-state index in [1.54, 1.807) is 4.90 Å². The zero-order valence-electron chi connectivity index (χ0n) is 11.0. The van der Waals surface area contributed by atoms with Crippen LogP contribution in [0.1, 0.15) is 11.7 Å². The molecular formula is C14H20N2O3. The minimum absolute atomic E-state index is 0.00215. The van der Waals surface area contributed by atoms with Gasteiger partial charge in [0.2, 0.25) is 5.91 Å². The lowest BCUT2D eigenvalue weighted by atomic mass is 10.1. The second kappa shape index (κ2) is 7.23. The van der Waals surface area contributed by atoms with E-state index in [9.17, 15) is 4.79 Å². The molecule has 1 amide bonds. The standard InChI is InChI=1S/C14H20N2O3/c15-6-8-18-11-14(17)16-7-9-19-13(10-16)12-4-2-1-3-5-12/h1-5,13H,6-11,15H2. The molecule has 19 heavy (non-hydrogen) atoms. The lowest BCUT2D eigenvalue weighted by Crippen LogP contribution is -2.44. The Morgan fingerprint density at radius 2 is 2.21 bits per heavy atom. The number of benzene rings is 1. The molecule has 104 valence electrons. The molecule has 1 atom stereocenters. The van der Waals surface area contributed by atoms with Crippen LogP contribution in [0.4, 0.5) is 0 Å². The van der Waals surface area contributed by atoms with Gasteiger partial charge in [0.1, 0.15) is 12.7 Å². The van der Waals surface area contributed by atoms with Crippen LogP contribution < -0.4 is 5.73 Å². The van der Waals surface area contributed by atoms with Crippen molar-refractivity contribution >= 4 is 5.91 Å². The van der Waals surface area contributed by atoms with Crippen molar-refractivity contribution in [2.24, 2.45) is 5.73 Å².